The molecule has 0 aliphatic carbocycles. The number of hydrogen-bond donors (Lipinski definition) is 1. The molecule has 0 aliphatic rings. The summed E-state index contributed by atoms with van der Waals surface area (Å²) in [6.45, 7) is 3.76. The summed E-state index contributed by atoms with van der Waals surface area (Å²) >= 11 is 5.90. The van der Waals surface area contributed by atoms with Crippen molar-refractivity contribution >= 4 is 17.6 Å². The zero-order chi connectivity index (χ0) is 12.6. The number of aromatic nitrogens is 2. The highest BCUT2D eigenvalue weighted by Gasteiger charge is 2.14. The molecule has 1 aromatic heterocycles. The van der Waals surface area contributed by atoms with Crippen molar-refractivity contribution in [1.82, 2.24) is 9.55 Å². The molecule has 0 fully saturated rings. The van der Waals surface area contributed by atoms with Crippen molar-refractivity contribution < 1.29 is 9.90 Å². The van der Waals surface area contributed by atoms with Crippen LogP contribution in [-0.2, 0) is 0 Å². The first kappa shape index (κ1) is 11.7. The number of imidazole rings is 1. The van der Waals surface area contributed by atoms with E-state index in [1.807, 2.05) is 13.8 Å². The van der Waals surface area contributed by atoms with Gasteiger partial charge in [-0.25, -0.2) is 9.78 Å². The largest absolute Gasteiger partial charge is 0.478 e. The average molecular weight is 251 g/mol. The third-order valence-electron chi connectivity index (χ3n) is 2.70. The molecule has 0 radical (unpaired) electrons. The summed E-state index contributed by atoms with van der Waals surface area (Å²) in [6, 6.07) is 4.68. The van der Waals surface area contributed by atoms with Crippen LogP contribution in [0.25, 0.3) is 5.69 Å². The molecule has 0 amide bonds. The van der Waals surface area contributed by atoms with Crippen molar-refractivity contribution in [2.75, 3.05) is 0 Å². The zero-order valence-electron chi connectivity index (χ0n) is 9.44. The van der Waals surface area contributed by atoms with Gasteiger partial charge in [-0.1, -0.05) is 11.6 Å². The van der Waals surface area contributed by atoms with Gasteiger partial charge in [-0.3, -0.25) is 0 Å². The first-order valence-electron chi connectivity index (χ1n) is 5.04. The predicted octanol–water partition coefficient (Wildman–Crippen LogP) is 2.84. The lowest BCUT2D eigenvalue weighted by molar-refractivity contribution is 0.0697. The van der Waals surface area contributed by atoms with Crippen molar-refractivity contribution in [3.63, 3.8) is 0 Å². The zero-order valence-corrected chi connectivity index (χ0v) is 10.2. The molecule has 1 heterocycles. The molecule has 88 valence electrons. The van der Waals surface area contributed by atoms with Crippen LogP contribution in [0.3, 0.4) is 0 Å². The van der Waals surface area contributed by atoms with Crippen LogP contribution >= 0.6 is 11.6 Å². The Labute approximate surface area is 103 Å². The molecule has 0 atom stereocenters. The molecule has 0 bridgehead atoms. The minimum Gasteiger partial charge on any atom is -0.478 e. The normalized spacial score (nSPS) is 10.5. The number of halogens is 1. The van der Waals surface area contributed by atoms with Gasteiger partial charge in [0.25, 0.3) is 0 Å². The first-order chi connectivity index (χ1) is 8.00. The predicted molar refractivity (Wildman–Crippen MR) is 65.0 cm³/mol. The minimum atomic E-state index is -0.984. The second-order valence-corrected chi connectivity index (χ2v) is 4.19. The molecule has 0 saturated heterocycles. The highest BCUT2D eigenvalue weighted by atomic mass is 35.5. The Morgan fingerprint density at radius 3 is 2.65 bits per heavy atom. The number of rotatable bonds is 2. The third-order valence-corrected chi connectivity index (χ3v) is 2.94. The maximum Gasteiger partial charge on any atom is 0.337 e. The Bertz CT molecular complexity index is 590. The van der Waals surface area contributed by atoms with E-state index >= 15 is 0 Å². The monoisotopic (exact) mass is 250 g/mol. The topological polar surface area (TPSA) is 55.1 Å². The van der Waals surface area contributed by atoms with Crippen LogP contribution in [0.1, 0.15) is 21.7 Å². The van der Waals surface area contributed by atoms with Crippen LogP contribution in [-0.4, -0.2) is 20.6 Å². The van der Waals surface area contributed by atoms with E-state index in [0.717, 1.165) is 11.4 Å². The molecule has 0 spiro atoms. The molecule has 17 heavy (non-hydrogen) atoms. The van der Waals surface area contributed by atoms with Gasteiger partial charge in [0.15, 0.2) is 0 Å². The van der Waals surface area contributed by atoms with Gasteiger partial charge in [0, 0.05) is 10.7 Å². The van der Waals surface area contributed by atoms with E-state index in [1.165, 1.54) is 6.07 Å². The fraction of sp³-hybridized carbons (Fsp3) is 0.167. The number of benzene rings is 1. The molecule has 0 unspecified atom stereocenters. The Morgan fingerprint density at radius 1 is 1.41 bits per heavy atom. The Morgan fingerprint density at radius 2 is 2.12 bits per heavy atom. The van der Waals surface area contributed by atoms with E-state index in [0.29, 0.717) is 10.7 Å². The summed E-state index contributed by atoms with van der Waals surface area (Å²) in [5.41, 5.74) is 2.49. The maximum atomic E-state index is 11.1. The number of aromatic carboxylic acids is 1. The standard InChI is InChI=1S/C12H11ClN2O2/c1-7-8(2)15(6-14-7)11-5-9(13)3-4-10(11)12(16)17/h3-6H,1-2H3,(H,16,17). The van der Waals surface area contributed by atoms with Gasteiger partial charge < -0.3 is 9.67 Å². The lowest BCUT2D eigenvalue weighted by atomic mass is 10.1. The molecule has 0 saturated carbocycles. The summed E-state index contributed by atoms with van der Waals surface area (Å²) < 4.78 is 1.73. The molecule has 5 heteroatoms. The molecule has 2 rings (SSSR count). The highest BCUT2D eigenvalue weighted by molar-refractivity contribution is 6.30. The van der Waals surface area contributed by atoms with Crippen molar-refractivity contribution in [3.8, 4) is 5.69 Å². The summed E-state index contributed by atoms with van der Waals surface area (Å²) in [5, 5.41) is 9.63. The molecular weight excluding hydrogens is 240 g/mol. The number of carbonyl (C=O) groups is 1. The van der Waals surface area contributed by atoms with Crippen molar-refractivity contribution in [3.05, 3.63) is 46.5 Å². The van der Waals surface area contributed by atoms with E-state index in [9.17, 15) is 4.79 Å². The fourth-order valence-electron chi connectivity index (χ4n) is 1.63. The SMILES string of the molecule is Cc1ncn(-c2cc(Cl)ccc2C(=O)O)c1C. The van der Waals surface area contributed by atoms with Gasteiger partial charge >= 0.3 is 5.97 Å². The average Bonchev–Trinajstić information content (AvgIpc) is 2.59. The quantitative estimate of drug-likeness (QED) is 0.892. The third kappa shape index (κ3) is 2.03. The van der Waals surface area contributed by atoms with Crippen LogP contribution in [0, 0.1) is 13.8 Å². The van der Waals surface area contributed by atoms with Crippen LogP contribution < -0.4 is 0 Å². The van der Waals surface area contributed by atoms with Gasteiger partial charge in [0.05, 0.1) is 23.3 Å². The molecule has 4 nitrogen and oxygen atoms in total. The molecule has 1 N–H and O–H groups in total. The molecule has 1 aromatic carbocycles. The van der Waals surface area contributed by atoms with Gasteiger partial charge in [-0.15, -0.1) is 0 Å². The van der Waals surface area contributed by atoms with Crippen molar-refractivity contribution in [2.45, 2.75) is 13.8 Å². The van der Waals surface area contributed by atoms with E-state index in [1.54, 1.807) is 23.0 Å². The lowest BCUT2D eigenvalue weighted by Gasteiger charge is -2.09. The summed E-state index contributed by atoms with van der Waals surface area (Å²) in [5.74, 6) is -0.984. The minimum absolute atomic E-state index is 0.204. The molecule has 2 aromatic rings. The second kappa shape index (κ2) is 4.22. The highest BCUT2D eigenvalue weighted by Crippen LogP contribution is 2.22. The van der Waals surface area contributed by atoms with Gasteiger partial charge in [-0.05, 0) is 32.0 Å². The second-order valence-electron chi connectivity index (χ2n) is 3.75. The van der Waals surface area contributed by atoms with E-state index in [-0.39, 0.29) is 5.56 Å². The Kier molecular flexibility index (Phi) is 2.90. The van der Waals surface area contributed by atoms with E-state index in [4.69, 9.17) is 16.7 Å². The van der Waals surface area contributed by atoms with Crippen LogP contribution in [0.5, 0.6) is 0 Å². The molecule has 0 aliphatic heterocycles. The maximum absolute atomic E-state index is 11.1. The first-order valence-corrected chi connectivity index (χ1v) is 5.42. The number of nitrogens with zero attached hydrogens (tertiary/aromatic N) is 2. The number of carboxylic acids is 1. The fourth-order valence-corrected chi connectivity index (χ4v) is 1.79. The van der Waals surface area contributed by atoms with Crippen LogP contribution in [0.4, 0.5) is 0 Å². The van der Waals surface area contributed by atoms with Gasteiger partial charge in [0.2, 0.25) is 0 Å². The molecular formula is C12H11ClN2O2. The Balaban J connectivity index is 2.69. The van der Waals surface area contributed by atoms with Crippen LogP contribution in [0.15, 0.2) is 24.5 Å². The smallest absolute Gasteiger partial charge is 0.337 e. The van der Waals surface area contributed by atoms with Gasteiger partial charge in [-0.2, -0.15) is 0 Å². The Hall–Kier alpha value is -1.81. The van der Waals surface area contributed by atoms with Gasteiger partial charge in [0.1, 0.15) is 0 Å². The number of carboxylic acid groups (broad SMARTS) is 1. The summed E-state index contributed by atoms with van der Waals surface area (Å²) in [6.07, 6.45) is 1.60. The summed E-state index contributed by atoms with van der Waals surface area (Å²) in [4.78, 5) is 15.3. The van der Waals surface area contributed by atoms with E-state index < -0.39 is 5.97 Å². The number of aryl methyl sites for hydroxylation is 1. The van der Waals surface area contributed by atoms with Crippen LogP contribution in [0.2, 0.25) is 5.02 Å². The summed E-state index contributed by atoms with van der Waals surface area (Å²) in [7, 11) is 0. The number of hydrogen-bond acceptors (Lipinski definition) is 2. The van der Waals surface area contributed by atoms with E-state index in [2.05, 4.69) is 4.98 Å². The van der Waals surface area contributed by atoms with Crippen molar-refractivity contribution in [1.29, 1.82) is 0 Å². The lowest BCUT2D eigenvalue weighted by Crippen LogP contribution is -2.06. The van der Waals surface area contributed by atoms with Crippen molar-refractivity contribution in [2.24, 2.45) is 0 Å².